The normalized spacial score (nSPS) is 11.0. The van der Waals surface area contributed by atoms with Crippen molar-refractivity contribution in [1.82, 2.24) is 16.2 Å². The summed E-state index contributed by atoms with van der Waals surface area (Å²) in [5.74, 6) is 0.169. The highest BCUT2D eigenvalue weighted by atomic mass is 79.9. The molecule has 2 amide bonds. The number of carbonyl (C=O) groups is 2. The van der Waals surface area contributed by atoms with Crippen molar-refractivity contribution in [2.75, 3.05) is 13.2 Å². The molecule has 0 aromatic heterocycles. The third-order valence-electron chi connectivity index (χ3n) is 4.90. The van der Waals surface area contributed by atoms with Gasteiger partial charge in [0, 0.05) is 4.47 Å². The van der Waals surface area contributed by atoms with Crippen molar-refractivity contribution in [1.29, 1.82) is 0 Å². The van der Waals surface area contributed by atoms with Gasteiger partial charge in [0.2, 0.25) is 0 Å². The zero-order valence-electron chi connectivity index (χ0n) is 19.4. The summed E-state index contributed by atoms with van der Waals surface area (Å²) in [4.78, 5) is 24.2. The van der Waals surface area contributed by atoms with E-state index < -0.39 is 11.8 Å². The fourth-order valence-corrected chi connectivity index (χ4v) is 4.21. The Morgan fingerprint density at radius 3 is 2.26 bits per heavy atom. The summed E-state index contributed by atoms with van der Waals surface area (Å²) in [6.45, 7) is 5.89. The minimum absolute atomic E-state index is 0.0346. The molecule has 0 aliphatic heterocycles. The molecule has 0 saturated carbocycles. The van der Waals surface area contributed by atoms with Crippen molar-refractivity contribution in [3.63, 3.8) is 0 Å². The van der Waals surface area contributed by atoms with Gasteiger partial charge < -0.3 is 9.47 Å². The Kier molecular flexibility index (Phi) is 9.09. The number of thiocarbonyl (C=S) groups is 1. The maximum absolute atomic E-state index is 12.1. The summed E-state index contributed by atoms with van der Waals surface area (Å²) in [7, 11) is 0. The maximum Gasteiger partial charge on any atom is 0.276 e. The predicted octanol–water partition coefficient (Wildman–Crippen LogP) is 5.14. The molecule has 0 radical (unpaired) electrons. The number of ether oxygens (including phenoxy) is 2. The van der Waals surface area contributed by atoms with Crippen molar-refractivity contribution in [2.24, 2.45) is 0 Å². The van der Waals surface area contributed by atoms with Gasteiger partial charge in [0.25, 0.3) is 11.8 Å². The highest BCUT2D eigenvalue weighted by molar-refractivity contribution is 9.11. The Bertz CT molecular complexity index is 1240. The molecule has 3 rings (SSSR count). The van der Waals surface area contributed by atoms with E-state index in [0.717, 1.165) is 19.7 Å². The molecule has 184 valence electrons. The number of amides is 2. The third-order valence-corrected chi connectivity index (χ3v) is 6.41. The molecule has 3 aromatic carbocycles. The van der Waals surface area contributed by atoms with E-state index >= 15 is 0 Å². The quantitative estimate of drug-likeness (QED) is 0.261. The van der Waals surface area contributed by atoms with Crippen LogP contribution in [0.25, 0.3) is 10.8 Å². The van der Waals surface area contributed by atoms with E-state index in [1.807, 2.05) is 48.5 Å². The van der Waals surface area contributed by atoms with Crippen LogP contribution in [0.2, 0.25) is 0 Å². The van der Waals surface area contributed by atoms with Crippen LogP contribution in [0.5, 0.6) is 11.5 Å². The number of hydrogen-bond acceptors (Lipinski definition) is 5. The van der Waals surface area contributed by atoms with E-state index in [4.69, 9.17) is 21.7 Å². The Labute approximate surface area is 226 Å². The smallest absolute Gasteiger partial charge is 0.276 e. The fourth-order valence-electron chi connectivity index (χ4n) is 3.05. The first-order chi connectivity index (χ1) is 16.5. The molecule has 0 heterocycles. The summed E-state index contributed by atoms with van der Waals surface area (Å²) in [5.41, 5.74) is 6.06. The maximum atomic E-state index is 12.1. The molecule has 0 spiro atoms. The van der Waals surface area contributed by atoms with E-state index in [9.17, 15) is 9.59 Å². The molecule has 0 aliphatic carbocycles. The van der Waals surface area contributed by atoms with E-state index in [0.29, 0.717) is 11.5 Å². The molecular formula is C25H25Br2N3O4S. The van der Waals surface area contributed by atoms with Gasteiger partial charge in [-0.1, -0.05) is 61.0 Å². The second-order valence-corrected chi connectivity index (χ2v) is 10.8. The lowest BCUT2D eigenvalue weighted by atomic mass is 9.87. The van der Waals surface area contributed by atoms with Gasteiger partial charge in [0.15, 0.2) is 18.3 Å². The van der Waals surface area contributed by atoms with Gasteiger partial charge in [-0.2, -0.15) is 0 Å². The zero-order valence-corrected chi connectivity index (χ0v) is 23.4. The van der Waals surface area contributed by atoms with Crippen LogP contribution >= 0.6 is 44.1 Å². The van der Waals surface area contributed by atoms with Crippen molar-refractivity contribution in [3.05, 3.63) is 69.1 Å². The lowest BCUT2D eigenvalue weighted by molar-refractivity contribution is -0.124. The van der Waals surface area contributed by atoms with Gasteiger partial charge in [0.05, 0.1) is 4.47 Å². The number of hydrazine groups is 1. The first-order valence-electron chi connectivity index (χ1n) is 10.7. The second kappa shape index (κ2) is 11.8. The minimum Gasteiger partial charge on any atom is -0.484 e. The lowest BCUT2D eigenvalue weighted by Crippen LogP contribution is -2.50. The first kappa shape index (κ1) is 26.9. The molecule has 0 unspecified atom stereocenters. The zero-order chi connectivity index (χ0) is 25.6. The number of hydrogen-bond donors (Lipinski definition) is 3. The SMILES string of the molecule is CC(C)(C)c1ccc(OCC(=O)NC(=S)NNC(=O)COc2ccc3cc(Br)ccc3c2Br)cc1. The topological polar surface area (TPSA) is 88.7 Å². The number of halogens is 2. The molecule has 0 aliphatic rings. The van der Waals surface area contributed by atoms with Crippen molar-refractivity contribution < 1.29 is 19.1 Å². The Morgan fingerprint density at radius 2 is 1.57 bits per heavy atom. The molecule has 3 N–H and O–H groups in total. The van der Waals surface area contributed by atoms with Gasteiger partial charge in [-0.15, -0.1) is 0 Å². The Hall–Kier alpha value is -2.69. The molecular weight excluding hydrogens is 598 g/mol. The minimum atomic E-state index is -0.473. The van der Waals surface area contributed by atoms with Crippen LogP contribution in [-0.4, -0.2) is 30.1 Å². The predicted molar refractivity (Wildman–Crippen MR) is 147 cm³/mol. The summed E-state index contributed by atoms with van der Waals surface area (Å²) in [6, 6.07) is 17.1. The number of carbonyl (C=O) groups excluding carboxylic acids is 2. The number of benzene rings is 3. The van der Waals surface area contributed by atoms with Crippen LogP contribution in [0.15, 0.2) is 63.5 Å². The van der Waals surface area contributed by atoms with Crippen LogP contribution in [-0.2, 0) is 15.0 Å². The van der Waals surface area contributed by atoms with Crippen molar-refractivity contribution in [3.8, 4) is 11.5 Å². The van der Waals surface area contributed by atoms with E-state index in [-0.39, 0.29) is 23.7 Å². The molecule has 0 fully saturated rings. The number of fused-ring (bicyclic) bond motifs is 1. The Morgan fingerprint density at radius 1 is 0.886 bits per heavy atom. The van der Waals surface area contributed by atoms with E-state index in [1.165, 1.54) is 5.56 Å². The average Bonchev–Trinajstić information content (AvgIpc) is 2.80. The van der Waals surface area contributed by atoms with Crippen LogP contribution < -0.4 is 25.6 Å². The van der Waals surface area contributed by atoms with E-state index in [2.05, 4.69) is 68.8 Å². The fraction of sp³-hybridized carbons (Fsp3) is 0.240. The van der Waals surface area contributed by atoms with Gasteiger partial charge in [0.1, 0.15) is 11.5 Å². The molecule has 0 saturated heterocycles. The number of nitrogens with one attached hydrogen (secondary N) is 3. The van der Waals surface area contributed by atoms with Crippen LogP contribution in [0.4, 0.5) is 0 Å². The highest BCUT2D eigenvalue weighted by Crippen LogP contribution is 2.34. The van der Waals surface area contributed by atoms with Crippen molar-refractivity contribution in [2.45, 2.75) is 26.2 Å². The van der Waals surface area contributed by atoms with Crippen molar-refractivity contribution >= 4 is 71.8 Å². The summed E-state index contributed by atoms with van der Waals surface area (Å²) in [6.07, 6.45) is 0. The molecule has 10 heteroatoms. The van der Waals surface area contributed by atoms with Gasteiger partial charge >= 0.3 is 0 Å². The third kappa shape index (κ3) is 7.91. The summed E-state index contributed by atoms with van der Waals surface area (Å²) >= 11 is 12.0. The van der Waals surface area contributed by atoms with Crippen LogP contribution in [0, 0.1) is 0 Å². The average molecular weight is 623 g/mol. The second-order valence-electron chi connectivity index (χ2n) is 8.65. The van der Waals surface area contributed by atoms with Gasteiger partial charge in [-0.3, -0.25) is 25.8 Å². The monoisotopic (exact) mass is 621 g/mol. The first-order valence-corrected chi connectivity index (χ1v) is 12.6. The largest absolute Gasteiger partial charge is 0.484 e. The van der Waals surface area contributed by atoms with Gasteiger partial charge in [-0.25, -0.2) is 0 Å². The molecule has 0 atom stereocenters. The van der Waals surface area contributed by atoms with Crippen LogP contribution in [0.3, 0.4) is 0 Å². The standard InChI is InChI=1S/C25H25Br2N3O4S/c1-25(2,3)16-5-8-18(9-6-16)33-13-21(31)28-24(35)30-29-22(32)14-34-20-11-4-15-12-17(26)7-10-19(15)23(20)27/h4-12H,13-14H2,1-3H3,(H,29,32)(H2,28,30,31,35). The summed E-state index contributed by atoms with van der Waals surface area (Å²) in [5, 5.41) is 4.36. The summed E-state index contributed by atoms with van der Waals surface area (Å²) < 4.78 is 12.8. The van der Waals surface area contributed by atoms with E-state index in [1.54, 1.807) is 6.07 Å². The number of rotatable bonds is 6. The molecule has 7 nitrogen and oxygen atoms in total. The lowest BCUT2D eigenvalue weighted by Gasteiger charge is -2.19. The Balaban J connectivity index is 1.39. The van der Waals surface area contributed by atoms with Crippen LogP contribution in [0.1, 0.15) is 26.3 Å². The van der Waals surface area contributed by atoms with Gasteiger partial charge in [-0.05, 0) is 80.2 Å². The molecule has 3 aromatic rings. The highest BCUT2D eigenvalue weighted by Gasteiger charge is 2.14. The molecule has 35 heavy (non-hydrogen) atoms. The molecule has 0 bridgehead atoms.